The second-order valence-electron chi connectivity index (χ2n) is 6.79. The molecule has 0 atom stereocenters. The zero-order chi connectivity index (χ0) is 21.8. The third kappa shape index (κ3) is 4.33. The Balaban J connectivity index is 2.16. The molecule has 0 bridgehead atoms. The van der Waals surface area contributed by atoms with Crippen LogP contribution in [-0.2, 0) is 9.53 Å². The van der Waals surface area contributed by atoms with Gasteiger partial charge in [0.15, 0.2) is 5.78 Å². The lowest BCUT2D eigenvalue weighted by Gasteiger charge is -2.12. The monoisotopic (exact) mass is 516 g/mol. The second-order valence-corrected chi connectivity index (χ2v) is 8.03. The lowest BCUT2D eigenvalue weighted by atomic mass is 10.1. The molecule has 0 aliphatic carbocycles. The van der Waals surface area contributed by atoms with Crippen LogP contribution >= 0.6 is 22.6 Å². The van der Waals surface area contributed by atoms with Crippen molar-refractivity contribution >= 4 is 45.2 Å². The summed E-state index contributed by atoms with van der Waals surface area (Å²) in [5.74, 6) is -0.248. The predicted octanol–water partition coefficient (Wildman–Crippen LogP) is 4.89. The van der Waals surface area contributed by atoms with Crippen molar-refractivity contribution in [3.05, 3.63) is 56.8 Å². The first-order chi connectivity index (χ1) is 14.4. The average Bonchev–Trinajstić information content (AvgIpc) is 2.98. The smallest absolute Gasteiger partial charge is 0.340 e. The summed E-state index contributed by atoms with van der Waals surface area (Å²) < 4.78 is 14.0. The molecule has 7 heteroatoms. The van der Waals surface area contributed by atoms with E-state index in [9.17, 15) is 9.59 Å². The number of ether oxygens (including phenoxy) is 2. The molecule has 0 radical (unpaired) electrons. The summed E-state index contributed by atoms with van der Waals surface area (Å²) >= 11 is 2.27. The SMILES string of the molecule is CCOC(=O)c1c(C)n(-c2ccc(I)cc2C)c2ccc(OCC(=O)CC#N)cc12. The number of rotatable bonds is 7. The molecule has 0 saturated heterocycles. The van der Waals surface area contributed by atoms with E-state index >= 15 is 0 Å². The quantitative estimate of drug-likeness (QED) is 0.330. The Morgan fingerprint density at radius 2 is 1.93 bits per heavy atom. The van der Waals surface area contributed by atoms with Gasteiger partial charge in [0.1, 0.15) is 12.4 Å². The summed E-state index contributed by atoms with van der Waals surface area (Å²) in [5.41, 5.74) is 4.14. The minimum absolute atomic E-state index is 0.191. The van der Waals surface area contributed by atoms with Crippen LogP contribution in [-0.4, -0.2) is 29.5 Å². The van der Waals surface area contributed by atoms with Crippen molar-refractivity contribution in [1.29, 1.82) is 5.26 Å². The van der Waals surface area contributed by atoms with E-state index in [4.69, 9.17) is 14.7 Å². The Labute approximate surface area is 188 Å². The molecule has 154 valence electrons. The molecule has 3 aromatic rings. The molecular formula is C23H21IN2O4. The molecule has 30 heavy (non-hydrogen) atoms. The third-order valence-electron chi connectivity index (χ3n) is 4.73. The van der Waals surface area contributed by atoms with Crippen LogP contribution in [0, 0.1) is 28.7 Å². The van der Waals surface area contributed by atoms with Crippen LogP contribution < -0.4 is 4.74 Å². The molecule has 6 nitrogen and oxygen atoms in total. The van der Waals surface area contributed by atoms with Gasteiger partial charge in [-0.15, -0.1) is 0 Å². The van der Waals surface area contributed by atoms with E-state index in [2.05, 4.69) is 28.7 Å². The highest BCUT2D eigenvalue weighted by molar-refractivity contribution is 14.1. The standard InChI is InChI=1S/C23H21IN2O4/c1-4-29-23(28)22-15(3)26(20-7-5-16(24)11-14(20)2)21-8-6-18(12-19(21)22)30-13-17(27)9-10-25/h5-8,11-12H,4,9,13H2,1-3H3. The molecule has 0 fully saturated rings. The number of ketones is 1. The largest absolute Gasteiger partial charge is 0.486 e. The molecule has 1 heterocycles. The molecule has 0 N–H and O–H groups in total. The number of nitriles is 1. The first kappa shape index (κ1) is 21.8. The molecule has 0 aliphatic rings. The van der Waals surface area contributed by atoms with Gasteiger partial charge in [-0.05, 0) is 85.3 Å². The van der Waals surface area contributed by atoms with Crippen LogP contribution in [0.4, 0.5) is 0 Å². The predicted molar refractivity (Wildman–Crippen MR) is 122 cm³/mol. The van der Waals surface area contributed by atoms with Crippen LogP contribution in [0.3, 0.4) is 0 Å². The van der Waals surface area contributed by atoms with Gasteiger partial charge in [-0.25, -0.2) is 4.79 Å². The third-order valence-corrected chi connectivity index (χ3v) is 5.40. The Kier molecular flexibility index (Phi) is 6.77. The lowest BCUT2D eigenvalue weighted by molar-refractivity contribution is -0.120. The summed E-state index contributed by atoms with van der Waals surface area (Å²) in [6, 6.07) is 13.3. The highest BCUT2D eigenvalue weighted by Crippen LogP contribution is 2.34. The van der Waals surface area contributed by atoms with E-state index in [0.717, 1.165) is 26.0 Å². The maximum Gasteiger partial charge on any atom is 0.340 e. The summed E-state index contributed by atoms with van der Waals surface area (Å²) in [6.45, 7) is 5.77. The number of aryl methyl sites for hydroxylation is 1. The Morgan fingerprint density at radius 3 is 2.60 bits per heavy atom. The Bertz CT molecular complexity index is 1170. The van der Waals surface area contributed by atoms with Gasteiger partial charge in [0.25, 0.3) is 0 Å². The van der Waals surface area contributed by atoms with Crippen molar-refractivity contribution < 1.29 is 19.1 Å². The van der Waals surface area contributed by atoms with E-state index in [0.29, 0.717) is 16.7 Å². The topological polar surface area (TPSA) is 81.3 Å². The van der Waals surface area contributed by atoms with Crippen molar-refractivity contribution in [1.82, 2.24) is 4.57 Å². The molecule has 1 aromatic heterocycles. The zero-order valence-electron chi connectivity index (χ0n) is 17.0. The Morgan fingerprint density at radius 1 is 1.17 bits per heavy atom. The fourth-order valence-electron chi connectivity index (χ4n) is 3.43. The molecular weight excluding hydrogens is 495 g/mol. The van der Waals surface area contributed by atoms with Crippen molar-refractivity contribution in [3.8, 4) is 17.5 Å². The van der Waals surface area contributed by atoms with Gasteiger partial charge < -0.3 is 14.0 Å². The number of carbonyl (C=O) groups is 2. The number of hydrogen-bond donors (Lipinski definition) is 0. The van der Waals surface area contributed by atoms with E-state index in [-0.39, 0.29) is 25.4 Å². The molecule has 0 spiro atoms. The van der Waals surface area contributed by atoms with Gasteiger partial charge in [0.2, 0.25) is 0 Å². The normalized spacial score (nSPS) is 10.6. The van der Waals surface area contributed by atoms with Crippen LogP contribution in [0.1, 0.15) is 35.0 Å². The molecule has 0 aliphatic heterocycles. The van der Waals surface area contributed by atoms with Crippen LogP contribution in [0.15, 0.2) is 36.4 Å². The number of fused-ring (bicyclic) bond motifs is 1. The Hall–Kier alpha value is -2.86. The van der Waals surface area contributed by atoms with E-state index in [1.54, 1.807) is 19.1 Å². The van der Waals surface area contributed by atoms with Crippen LogP contribution in [0.2, 0.25) is 0 Å². The number of carbonyl (C=O) groups excluding carboxylic acids is 2. The fourth-order valence-corrected chi connectivity index (χ4v) is 4.08. The van der Waals surface area contributed by atoms with Crippen molar-refractivity contribution in [3.63, 3.8) is 0 Å². The average molecular weight is 516 g/mol. The first-order valence-corrected chi connectivity index (χ1v) is 10.5. The number of esters is 1. The number of halogens is 1. The van der Waals surface area contributed by atoms with Crippen molar-refractivity contribution in [2.75, 3.05) is 13.2 Å². The number of benzene rings is 2. The summed E-state index contributed by atoms with van der Waals surface area (Å²) in [7, 11) is 0. The number of aromatic nitrogens is 1. The van der Waals surface area contributed by atoms with Crippen LogP contribution in [0.25, 0.3) is 16.6 Å². The number of nitrogens with zero attached hydrogens (tertiary/aromatic N) is 2. The van der Waals surface area contributed by atoms with Gasteiger partial charge in [-0.2, -0.15) is 5.26 Å². The van der Waals surface area contributed by atoms with E-state index in [1.807, 2.05) is 42.7 Å². The lowest BCUT2D eigenvalue weighted by Crippen LogP contribution is -2.10. The summed E-state index contributed by atoms with van der Waals surface area (Å²) in [6.07, 6.45) is -0.197. The first-order valence-electron chi connectivity index (χ1n) is 9.47. The second kappa shape index (κ2) is 9.30. The highest BCUT2D eigenvalue weighted by atomic mass is 127. The summed E-state index contributed by atoms with van der Waals surface area (Å²) in [4.78, 5) is 24.4. The number of hydrogen-bond acceptors (Lipinski definition) is 5. The van der Waals surface area contributed by atoms with Crippen LogP contribution in [0.5, 0.6) is 5.75 Å². The summed E-state index contributed by atoms with van der Waals surface area (Å²) in [5, 5.41) is 9.31. The molecule has 3 rings (SSSR count). The molecule has 2 aromatic carbocycles. The fraction of sp³-hybridized carbons (Fsp3) is 0.261. The minimum Gasteiger partial charge on any atom is -0.486 e. The zero-order valence-corrected chi connectivity index (χ0v) is 19.1. The molecule has 0 unspecified atom stereocenters. The minimum atomic E-state index is -0.403. The van der Waals surface area contributed by atoms with Gasteiger partial charge >= 0.3 is 5.97 Å². The van der Waals surface area contributed by atoms with E-state index in [1.165, 1.54) is 0 Å². The molecule has 0 amide bonds. The highest BCUT2D eigenvalue weighted by Gasteiger charge is 2.23. The van der Waals surface area contributed by atoms with Gasteiger partial charge in [0.05, 0.1) is 30.2 Å². The van der Waals surface area contributed by atoms with Crippen molar-refractivity contribution in [2.45, 2.75) is 27.2 Å². The van der Waals surface area contributed by atoms with Gasteiger partial charge in [-0.3, -0.25) is 4.79 Å². The van der Waals surface area contributed by atoms with Gasteiger partial charge in [-0.1, -0.05) is 0 Å². The van der Waals surface area contributed by atoms with Gasteiger partial charge in [0, 0.05) is 20.3 Å². The maximum absolute atomic E-state index is 12.8. The maximum atomic E-state index is 12.8. The van der Waals surface area contributed by atoms with Crippen molar-refractivity contribution in [2.24, 2.45) is 0 Å². The van der Waals surface area contributed by atoms with E-state index < -0.39 is 5.97 Å². The number of Topliss-reactive ketones (excluding diaryl/α,β-unsaturated/α-hetero) is 1. The molecule has 0 saturated carbocycles.